The molecule has 0 amide bonds. The van der Waals surface area contributed by atoms with Crippen LogP contribution in [0.25, 0.3) is 0 Å². The van der Waals surface area contributed by atoms with Gasteiger partial charge in [-0.1, -0.05) is 0 Å². The van der Waals surface area contributed by atoms with Crippen LogP contribution in [0, 0.1) is 11.3 Å². The fraction of sp³-hybridized carbons (Fsp3) is 0.667. The summed E-state index contributed by atoms with van der Waals surface area (Å²) in [7, 11) is 1.53. The monoisotopic (exact) mass is 127 g/mol. The minimum Gasteiger partial charge on any atom is -0.384 e. The Balaban J connectivity index is 3.19. The fourth-order valence-corrected chi connectivity index (χ4v) is 0.392. The summed E-state index contributed by atoms with van der Waals surface area (Å²) >= 11 is 0. The number of methoxy groups -OCH3 is 1. The molecule has 3 nitrogen and oxygen atoms in total. The van der Waals surface area contributed by atoms with E-state index in [-0.39, 0.29) is 12.2 Å². The zero-order valence-electron chi connectivity index (χ0n) is 5.39. The van der Waals surface area contributed by atoms with Crippen LogP contribution in [0.15, 0.2) is 0 Å². The summed E-state index contributed by atoms with van der Waals surface area (Å²) in [6.45, 7) is 0.417. The molecule has 0 heterocycles. The molecular weight excluding hydrogens is 118 g/mol. The van der Waals surface area contributed by atoms with Crippen molar-refractivity contribution in [2.24, 2.45) is 0 Å². The summed E-state index contributed by atoms with van der Waals surface area (Å²) in [5, 5.41) is 8.02. The molecule has 0 spiro atoms. The highest BCUT2D eigenvalue weighted by Gasteiger charge is 1.97. The maximum absolute atomic E-state index is 10.5. The number of carbonyl (C=O) groups excluding carboxylic acids is 1. The minimum atomic E-state index is -0.0562. The van der Waals surface area contributed by atoms with E-state index in [2.05, 4.69) is 4.74 Å². The molecule has 0 aromatic heterocycles. The zero-order chi connectivity index (χ0) is 7.11. The van der Waals surface area contributed by atoms with Crippen molar-refractivity contribution >= 4 is 5.78 Å². The Morgan fingerprint density at radius 3 is 2.89 bits per heavy atom. The molecule has 0 saturated heterocycles. The Kier molecular flexibility index (Phi) is 4.75. The van der Waals surface area contributed by atoms with Crippen LogP contribution >= 0.6 is 0 Å². The first-order valence-electron chi connectivity index (χ1n) is 2.69. The van der Waals surface area contributed by atoms with E-state index in [4.69, 9.17) is 5.26 Å². The van der Waals surface area contributed by atoms with Crippen molar-refractivity contribution in [2.45, 2.75) is 12.8 Å². The molecule has 9 heavy (non-hydrogen) atoms. The number of rotatable bonds is 4. The Morgan fingerprint density at radius 2 is 2.44 bits per heavy atom. The number of hydrogen-bond donors (Lipinski definition) is 0. The lowest BCUT2D eigenvalue weighted by molar-refractivity contribution is -0.118. The smallest absolute Gasteiger partial charge is 0.149 e. The van der Waals surface area contributed by atoms with Gasteiger partial charge in [0.2, 0.25) is 0 Å². The van der Waals surface area contributed by atoms with Crippen molar-refractivity contribution in [1.82, 2.24) is 0 Å². The van der Waals surface area contributed by atoms with Gasteiger partial charge in [0.15, 0.2) is 0 Å². The normalized spacial score (nSPS) is 8.44. The molecule has 0 aromatic rings. The lowest BCUT2D eigenvalue weighted by atomic mass is 10.2. The fourth-order valence-electron chi connectivity index (χ4n) is 0.392. The summed E-state index contributed by atoms with van der Waals surface area (Å²) in [4.78, 5) is 10.5. The highest BCUT2D eigenvalue weighted by Crippen LogP contribution is 1.87. The SMILES string of the molecule is COCCC(=O)CC#N. The largest absolute Gasteiger partial charge is 0.384 e. The Labute approximate surface area is 54.2 Å². The van der Waals surface area contributed by atoms with Gasteiger partial charge in [0.25, 0.3) is 0 Å². The second kappa shape index (κ2) is 5.26. The van der Waals surface area contributed by atoms with E-state index in [1.165, 1.54) is 7.11 Å². The minimum absolute atomic E-state index is 0.00333. The van der Waals surface area contributed by atoms with Crippen LogP contribution < -0.4 is 0 Å². The molecular formula is C6H9NO2. The topological polar surface area (TPSA) is 50.1 Å². The summed E-state index contributed by atoms with van der Waals surface area (Å²) in [6.07, 6.45) is 0.355. The van der Waals surface area contributed by atoms with Crippen LogP contribution in [0.5, 0.6) is 0 Å². The Morgan fingerprint density at radius 1 is 1.78 bits per heavy atom. The third kappa shape index (κ3) is 4.98. The predicted molar refractivity (Wildman–Crippen MR) is 31.7 cm³/mol. The van der Waals surface area contributed by atoms with Gasteiger partial charge in [0.05, 0.1) is 19.1 Å². The second-order valence-electron chi connectivity index (χ2n) is 1.62. The van der Waals surface area contributed by atoms with E-state index >= 15 is 0 Å². The Bertz CT molecular complexity index is 126. The number of carbonyl (C=O) groups is 1. The van der Waals surface area contributed by atoms with Crippen molar-refractivity contribution in [1.29, 1.82) is 5.26 Å². The molecule has 0 radical (unpaired) electrons. The van der Waals surface area contributed by atoms with Crippen molar-refractivity contribution < 1.29 is 9.53 Å². The molecule has 0 aliphatic carbocycles. The third-order valence-electron chi connectivity index (χ3n) is 0.861. The van der Waals surface area contributed by atoms with E-state index in [1.807, 2.05) is 0 Å². The first-order chi connectivity index (χ1) is 4.31. The zero-order valence-corrected chi connectivity index (χ0v) is 5.39. The van der Waals surface area contributed by atoms with E-state index in [0.29, 0.717) is 13.0 Å². The van der Waals surface area contributed by atoms with Gasteiger partial charge in [-0.2, -0.15) is 5.26 Å². The van der Waals surface area contributed by atoms with Gasteiger partial charge in [-0.25, -0.2) is 0 Å². The third-order valence-corrected chi connectivity index (χ3v) is 0.861. The molecule has 0 bridgehead atoms. The number of nitriles is 1. The van der Waals surface area contributed by atoms with Gasteiger partial charge in [0, 0.05) is 13.5 Å². The number of nitrogens with zero attached hydrogens (tertiary/aromatic N) is 1. The maximum atomic E-state index is 10.5. The molecule has 3 heteroatoms. The van der Waals surface area contributed by atoms with E-state index < -0.39 is 0 Å². The Hall–Kier alpha value is -0.880. The average molecular weight is 127 g/mol. The van der Waals surface area contributed by atoms with Gasteiger partial charge in [0.1, 0.15) is 5.78 Å². The number of ether oxygens (including phenoxy) is 1. The van der Waals surface area contributed by atoms with Crippen LogP contribution in [0.4, 0.5) is 0 Å². The molecule has 0 aromatic carbocycles. The van der Waals surface area contributed by atoms with Gasteiger partial charge in [-0.3, -0.25) is 4.79 Å². The van der Waals surface area contributed by atoms with Crippen LogP contribution in [-0.2, 0) is 9.53 Å². The molecule has 0 saturated carbocycles. The van der Waals surface area contributed by atoms with Gasteiger partial charge in [-0.05, 0) is 0 Å². The number of hydrogen-bond acceptors (Lipinski definition) is 3. The van der Waals surface area contributed by atoms with E-state index in [9.17, 15) is 4.79 Å². The van der Waals surface area contributed by atoms with Crippen LogP contribution in [0.2, 0.25) is 0 Å². The second-order valence-corrected chi connectivity index (χ2v) is 1.62. The van der Waals surface area contributed by atoms with Crippen molar-refractivity contribution in [3.05, 3.63) is 0 Å². The average Bonchev–Trinajstić information content (AvgIpc) is 1.85. The van der Waals surface area contributed by atoms with Gasteiger partial charge < -0.3 is 4.74 Å². The summed E-state index contributed by atoms with van der Waals surface area (Å²) in [5.41, 5.74) is 0. The van der Waals surface area contributed by atoms with Crippen molar-refractivity contribution in [3.8, 4) is 6.07 Å². The van der Waals surface area contributed by atoms with Crippen LogP contribution in [0.3, 0.4) is 0 Å². The van der Waals surface area contributed by atoms with E-state index in [0.717, 1.165) is 0 Å². The quantitative estimate of drug-likeness (QED) is 0.552. The lowest BCUT2D eigenvalue weighted by Crippen LogP contribution is -2.00. The molecule has 0 N–H and O–H groups in total. The van der Waals surface area contributed by atoms with Crippen molar-refractivity contribution in [2.75, 3.05) is 13.7 Å². The molecule has 0 aliphatic rings. The van der Waals surface area contributed by atoms with Crippen LogP contribution in [-0.4, -0.2) is 19.5 Å². The predicted octanol–water partition coefficient (Wildman–Crippen LogP) is 0.506. The molecule has 0 atom stereocenters. The van der Waals surface area contributed by atoms with Gasteiger partial charge >= 0.3 is 0 Å². The highest BCUT2D eigenvalue weighted by atomic mass is 16.5. The molecule has 0 unspecified atom stereocenters. The first-order valence-corrected chi connectivity index (χ1v) is 2.69. The summed E-state index contributed by atoms with van der Waals surface area (Å²) < 4.78 is 4.63. The highest BCUT2D eigenvalue weighted by molar-refractivity contribution is 5.80. The van der Waals surface area contributed by atoms with Gasteiger partial charge in [-0.15, -0.1) is 0 Å². The van der Waals surface area contributed by atoms with Crippen LogP contribution in [0.1, 0.15) is 12.8 Å². The molecule has 50 valence electrons. The molecule has 0 fully saturated rings. The first kappa shape index (κ1) is 8.12. The van der Waals surface area contributed by atoms with E-state index in [1.54, 1.807) is 6.07 Å². The van der Waals surface area contributed by atoms with Crippen molar-refractivity contribution in [3.63, 3.8) is 0 Å². The summed E-state index contributed by atoms with van der Waals surface area (Å²) in [5.74, 6) is -0.0562. The maximum Gasteiger partial charge on any atom is 0.149 e. The molecule has 0 rings (SSSR count). The number of Topliss-reactive ketones (excluding diaryl/α,β-unsaturated/α-hetero) is 1. The molecule has 0 aliphatic heterocycles. The standard InChI is InChI=1S/C6H9NO2/c1-9-5-3-6(8)2-4-7/h2-3,5H2,1H3. The lowest BCUT2D eigenvalue weighted by Gasteiger charge is -1.92. The summed E-state index contributed by atoms with van der Waals surface area (Å²) in [6, 6.07) is 1.77. The number of ketones is 1.